The minimum atomic E-state index is -2.74. The molecule has 8 heavy (non-hydrogen) atoms. The molecule has 0 saturated carbocycles. The van der Waals surface area contributed by atoms with E-state index in [1.54, 1.807) is 0 Å². The maximum absolute atomic E-state index is 10.4. The van der Waals surface area contributed by atoms with Crippen LogP contribution in [0, 0.1) is 0 Å². The van der Waals surface area contributed by atoms with Gasteiger partial charge in [0.1, 0.15) is 5.08 Å². The number of hydrogen-bond acceptors (Lipinski definition) is 4. The lowest BCUT2D eigenvalue weighted by atomic mass is 11.9. The third-order valence-corrected chi connectivity index (χ3v) is 4.29. The Morgan fingerprint density at radius 1 is 1.50 bits per heavy atom. The molecule has 0 N–H and O–H groups in total. The third kappa shape index (κ3) is 6.65. The molecule has 0 spiro atoms. The van der Waals surface area contributed by atoms with Crippen molar-refractivity contribution in [1.29, 1.82) is 0 Å². The molecule has 5 heteroatoms. The van der Waals surface area contributed by atoms with Crippen molar-refractivity contribution in [3.8, 4) is 0 Å². The highest BCUT2D eigenvalue weighted by Crippen LogP contribution is 2.17. The number of sulfone groups is 1. The molecule has 0 saturated heterocycles. The van der Waals surface area contributed by atoms with Gasteiger partial charge in [0.2, 0.25) is 0 Å². The van der Waals surface area contributed by atoms with Gasteiger partial charge in [-0.1, -0.05) is 21.6 Å². The second-order valence-electron chi connectivity index (χ2n) is 1.33. The van der Waals surface area contributed by atoms with E-state index >= 15 is 0 Å². The Bertz CT molecular complexity index is 137. The number of hydrogen-bond donors (Lipinski definition) is 0. The standard InChI is InChI=1S/C3H8O2S3/c1-6-7-3-8(2,4)5/h3H2,1-2H3. The molecule has 0 radical (unpaired) electrons. The Hall–Kier alpha value is 0.650. The van der Waals surface area contributed by atoms with Crippen LogP contribution in [0.2, 0.25) is 0 Å². The molecule has 0 aliphatic heterocycles. The molecule has 0 aromatic rings. The Morgan fingerprint density at radius 2 is 2.00 bits per heavy atom. The van der Waals surface area contributed by atoms with Crippen LogP contribution in [-0.4, -0.2) is 26.0 Å². The lowest BCUT2D eigenvalue weighted by Gasteiger charge is -1.90. The van der Waals surface area contributed by atoms with Crippen molar-refractivity contribution >= 4 is 31.4 Å². The minimum Gasteiger partial charge on any atom is -0.228 e. The zero-order valence-corrected chi connectivity index (χ0v) is 7.20. The summed E-state index contributed by atoms with van der Waals surface area (Å²) >= 11 is 0. The van der Waals surface area contributed by atoms with Gasteiger partial charge in [-0.25, -0.2) is 8.42 Å². The van der Waals surface area contributed by atoms with Crippen molar-refractivity contribution in [1.82, 2.24) is 0 Å². The van der Waals surface area contributed by atoms with E-state index in [-0.39, 0.29) is 5.08 Å². The highest BCUT2D eigenvalue weighted by atomic mass is 33.1. The van der Waals surface area contributed by atoms with E-state index < -0.39 is 9.84 Å². The summed E-state index contributed by atoms with van der Waals surface area (Å²) in [5.41, 5.74) is 0. The van der Waals surface area contributed by atoms with E-state index in [9.17, 15) is 8.42 Å². The largest absolute Gasteiger partial charge is 0.228 e. The van der Waals surface area contributed by atoms with Crippen molar-refractivity contribution in [2.45, 2.75) is 0 Å². The van der Waals surface area contributed by atoms with Gasteiger partial charge in [-0.3, -0.25) is 0 Å². The van der Waals surface area contributed by atoms with Gasteiger partial charge in [0, 0.05) is 6.26 Å². The second kappa shape index (κ2) is 3.63. The molecule has 0 aromatic heterocycles. The smallest absolute Gasteiger partial charge is 0.157 e. The minimum absolute atomic E-state index is 0.216. The topological polar surface area (TPSA) is 34.1 Å². The molecule has 0 aliphatic carbocycles. The molecule has 50 valence electrons. The first-order chi connectivity index (χ1) is 3.56. The normalized spacial score (nSPS) is 11.8. The molecule has 0 aromatic carbocycles. The summed E-state index contributed by atoms with van der Waals surface area (Å²) in [4.78, 5) is 0. The maximum atomic E-state index is 10.4. The zero-order valence-electron chi connectivity index (χ0n) is 4.75. The maximum Gasteiger partial charge on any atom is 0.157 e. The number of rotatable bonds is 3. The van der Waals surface area contributed by atoms with Gasteiger partial charge in [-0.15, -0.1) is 0 Å². The summed E-state index contributed by atoms with van der Waals surface area (Å²) in [6.07, 6.45) is 3.09. The van der Waals surface area contributed by atoms with Gasteiger partial charge in [-0.2, -0.15) is 0 Å². The first-order valence-corrected chi connectivity index (χ1v) is 6.68. The molecular formula is C3H8O2S3. The van der Waals surface area contributed by atoms with Crippen LogP contribution in [0.1, 0.15) is 0 Å². The van der Waals surface area contributed by atoms with Crippen LogP contribution < -0.4 is 0 Å². The van der Waals surface area contributed by atoms with Crippen molar-refractivity contribution in [3.63, 3.8) is 0 Å². The molecule has 0 atom stereocenters. The molecule has 0 heterocycles. The van der Waals surface area contributed by atoms with E-state index in [1.807, 2.05) is 6.26 Å². The SMILES string of the molecule is CSSCS(C)(=O)=O. The molecule has 0 fully saturated rings. The van der Waals surface area contributed by atoms with Gasteiger partial charge in [0.15, 0.2) is 9.84 Å². The Kier molecular flexibility index (Phi) is 3.93. The van der Waals surface area contributed by atoms with Crippen LogP contribution >= 0.6 is 21.6 Å². The Labute approximate surface area is 57.7 Å². The molecule has 0 unspecified atom stereocenters. The molecular weight excluding hydrogens is 164 g/mol. The van der Waals surface area contributed by atoms with Crippen LogP contribution in [0.4, 0.5) is 0 Å². The van der Waals surface area contributed by atoms with E-state index in [2.05, 4.69) is 0 Å². The second-order valence-corrected chi connectivity index (χ2v) is 6.40. The fourth-order valence-corrected chi connectivity index (χ4v) is 3.66. The van der Waals surface area contributed by atoms with Crippen LogP contribution in [0.15, 0.2) is 0 Å². The van der Waals surface area contributed by atoms with E-state index in [0.717, 1.165) is 0 Å². The fraction of sp³-hybridized carbons (Fsp3) is 1.00. The summed E-state index contributed by atoms with van der Waals surface area (Å²) in [6, 6.07) is 0. The molecule has 0 aliphatic rings. The summed E-state index contributed by atoms with van der Waals surface area (Å²) in [7, 11) is 0.0656. The highest BCUT2D eigenvalue weighted by Gasteiger charge is 1.98. The van der Waals surface area contributed by atoms with Crippen LogP contribution in [0.25, 0.3) is 0 Å². The zero-order chi connectivity index (χ0) is 6.62. The predicted octanol–water partition coefficient (Wildman–Crippen LogP) is 1.000. The summed E-state index contributed by atoms with van der Waals surface area (Å²) in [5, 5.41) is 0.216. The van der Waals surface area contributed by atoms with Crippen molar-refractivity contribution in [3.05, 3.63) is 0 Å². The van der Waals surface area contributed by atoms with Gasteiger partial charge >= 0.3 is 0 Å². The van der Waals surface area contributed by atoms with E-state index in [1.165, 1.54) is 27.8 Å². The highest BCUT2D eigenvalue weighted by molar-refractivity contribution is 8.77. The predicted molar refractivity (Wildman–Crippen MR) is 40.8 cm³/mol. The van der Waals surface area contributed by atoms with Gasteiger partial charge < -0.3 is 0 Å². The van der Waals surface area contributed by atoms with Crippen molar-refractivity contribution in [2.24, 2.45) is 0 Å². The molecule has 0 rings (SSSR count). The Morgan fingerprint density at radius 3 is 2.12 bits per heavy atom. The average Bonchev–Trinajstić information content (AvgIpc) is 1.59. The van der Waals surface area contributed by atoms with Crippen molar-refractivity contribution < 1.29 is 8.42 Å². The molecule has 2 nitrogen and oxygen atoms in total. The van der Waals surface area contributed by atoms with Crippen LogP contribution in [-0.2, 0) is 9.84 Å². The summed E-state index contributed by atoms with van der Waals surface area (Å²) < 4.78 is 20.7. The summed E-state index contributed by atoms with van der Waals surface area (Å²) in [6.45, 7) is 0. The van der Waals surface area contributed by atoms with Gasteiger partial charge in [0.25, 0.3) is 0 Å². The monoisotopic (exact) mass is 172 g/mol. The third-order valence-electron chi connectivity index (χ3n) is 0.380. The lowest BCUT2D eigenvalue weighted by Crippen LogP contribution is -1.96. The van der Waals surface area contributed by atoms with E-state index in [4.69, 9.17) is 0 Å². The fourth-order valence-electron chi connectivity index (χ4n) is 0.136. The van der Waals surface area contributed by atoms with E-state index in [0.29, 0.717) is 0 Å². The van der Waals surface area contributed by atoms with Crippen LogP contribution in [0.5, 0.6) is 0 Å². The lowest BCUT2D eigenvalue weighted by molar-refractivity contribution is 0.606. The first kappa shape index (κ1) is 8.65. The average molecular weight is 172 g/mol. The first-order valence-electron chi connectivity index (χ1n) is 1.89. The summed E-state index contributed by atoms with van der Waals surface area (Å²) in [5.74, 6) is 0. The quantitative estimate of drug-likeness (QED) is 0.595. The van der Waals surface area contributed by atoms with Gasteiger partial charge in [-0.05, 0) is 6.26 Å². The molecule has 0 bridgehead atoms. The van der Waals surface area contributed by atoms with Crippen LogP contribution in [0.3, 0.4) is 0 Å². The molecule has 0 amide bonds. The van der Waals surface area contributed by atoms with Crippen molar-refractivity contribution in [2.75, 3.05) is 17.6 Å². The van der Waals surface area contributed by atoms with Gasteiger partial charge in [0.05, 0.1) is 0 Å². The Balaban J connectivity index is 3.42.